The van der Waals surface area contributed by atoms with Crippen LogP contribution in [0.2, 0.25) is 0 Å². The fourth-order valence-electron chi connectivity index (χ4n) is 2.20. The molecule has 0 saturated heterocycles. The molecule has 0 radical (unpaired) electrons. The Morgan fingerprint density at radius 3 is 2.12 bits per heavy atom. The normalized spacial score (nSPS) is 22.7. The lowest BCUT2D eigenvalue weighted by Crippen LogP contribution is -2.37. The summed E-state index contributed by atoms with van der Waals surface area (Å²) in [6.45, 7) is 9.72. The molecule has 2 nitrogen and oxygen atoms in total. The second kappa shape index (κ2) is 6.02. The van der Waals surface area contributed by atoms with Crippen molar-refractivity contribution in [2.45, 2.75) is 52.0 Å². The Morgan fingerprint density at radius 1 is 1.12 bits per heavy atom. The van der Waals surface area contributed by atoms with E-state index in [0.29, 0.717) is 6.04 Å². The lowest BCUT2D eigenvalue weighted by molar-refractivity contribution is 0.249. The minimum Gasteiger partial charge on any atom is -0.313 e. The van der Waals surface area contributed by atoms with Crippen LogP contribution in [0.25, 0.3) is 0 Å². The Hall–Kier alpha value is -0.0800. The summed E-state index contributed by atoms with van der Waals surface area (Å²) in [5, 5.41) is 3.61. The van der Waals surface area contributed by atoms with E-state index in [1.165, 1.54) is 58.3 Å². The molecule has 1 unspecified atom stereocenters. The van der Waals surface area contributed by atoms with Gasteiger partial charge in [-0.1, -0.05) is 6.92 Å². The molecule has 0 bridgehead atoms. The van der Waals surface area contributed by atoms with Crippen molar-refractivity contribution in [3.8, 4) is 0 Å². The molecule has 0 amide bonds. The zero-order valence-electron chi connectivity index (χ0n) is 11.0. The highest BCUT2D eigenvalue weighted by Gasteiger charge is 2.28. The van der Waals surface area contributed by atoms with Gasteiger partial charge in [-0.15, -0.1) is 0 Å². The van der Waals surface area contributed by atoms with E-state index in [2.05, 4.69) is 24.1 Å². The number of hydrogen-bond donors (Lipinski definition) is 1. The molecule has 0 aromatic rings. The molecule has 0 aromatic carbocycles. The highest BCUT2D eigenvalue weighted by Crippen LogP contribution is 2.33. The molecule has 0 aromatic heterocycles. The fraction of sp³-hybridized carbons (Fsp3) is 1.00. The van der Waals surface area contributed by atoms with Crippen LogP contribution in [0, 0.1) is 11.8 Å². The number of nitrogens with one attached hydrogen (secondary N) is 1. The van der Waals surface area contributed by atoms with Crippen molar-refractivity contribution in [2.75, 3.05) is 26.2 Å². The Balaban J connectivity index is 1.60. The maximum absolute atomic E-state index is 3.61. The highest BCUT2D eigenvalue weighted by atomic mass is 15.1. The third-order valence-corrected chi connectivity index (χ3v) is 3.96. The van der Waals surface area contributed by atoms with E-state index in [0.717, 1.165) is 11.8 Å². The van der Waals surface area contributed by atoms with Gasteiger partial charge in [0.25, 0.3) is 0 Å². The van der Waals surface area contributed by atoms with Gasteiger partial charge in [0.1, 0.15) is 0 Å². The van der Waals surface area contributed by atoms with Crippen LogP contribution in [-0.4, -0.2) is 37.1 Å². The smallest absolute Gasteiger partial charge is 0.0107 e. The molecular formula is C14H28N2. The molecule has 2 rings (SSSR count). The van der Waals surface area contributed by atoms with E-state index in [1.807, 2.05) is 0 Å². The molecule has 0 aliphatic heterocycles. The van der Waals surface area contributed by atoms with E-state index >= 15 is 0 Å². The molecule has 0 heterocycles. The van der Waals surface area contributed by atoms with Crippen molar-refractivity contribution in [3.63, 3.8) is 0 Å². The minimum atomic E-state index is 0.684. The zero-order chi connectivity index (χ0) is 11.4. The molecule has 2 fully saturated rings. The third-order valence-electron chi connectivity index (χ3n) is 3.96. The van der Waals surface area contributed by atoms with Gasteiger partial charge in [-0.3, -0.25) is 0 Å². The SMILES string of the molecule is CCC(C)NCCN(CC1CC1)CC1CC1. The van der Waals surface area contributed by atoms with Crippen molar-refractivity contribution in [2.24, 2.45) is 11.8 Å². The van der Waals surface area contributed by atoms with E-state index in [4.69, 9.17) is 0 Å². The molecule has 2 aliphatic carbocycles. The second-order valence-electron chi connectivity index (χ2n) is 5.91. The van der Waals surface area contributed by atoms with Crippen LogP contribution in [0.5, 0.6) is 0 Å². The Labute approximate surface area is 101 Å². The van der Waals surface area contributed by atoms with E-state index in [1.54, 1.807) is 0 Å². The highest BCUT2D eigenvalue weighted by molar-refractivity contribution is 4.82. The second-order valence-corrected chi connectivity index (χ2v) is 5.91. The van der Waals surface area contributed by atoms with Crippen LogP contribution < -0.4 is 5.32 Å². The fourth-order valence-corrected chi connectivity index (χ4v) is 2.20. The molecule has 94 valence electrons. The van der Waals surface area contributed by atoms with E-state index in [-0.39, 0.29) is 0 Å². The van der Waals surface area contributed by atoms with Crippen molar-refractivity contribution in [3.05, 3.63) is 0 Å². The summed E-state index contributed by atoms with van der Waals surface area (Å²) in [6, 6.07) is 0.684. The maximum atomic E-state index is 3.61. The summed E-state index contributed by atoms with van der Waals surface area (Å²) >= 11 is 0. The summed E-state index contributed by atoms with van der Waals surface area (Å²) in [4.78, 5) is 2.71. The zero-order valence-corrected chi connectivity index (χ0v) is 11.0. The average Bonchev–Trinajstić information content (AvgIpc) is 3.12. The number of nitrogens with zero attached hydrogens (tertiary/aromatic N) is 1. The molecule has 2 heteroatoms. The summed E-state index contributed by atoms with van der Waals surface area (Å²) < 4.78 is 0. The van der Waals surface area contributed by atoms with Crippen LogP contribution in [0.4, 0.5) is 0 Å². The Morgan fingerprint density at radius 2 is 1.69 bits per heavy atom. The predicted octanol–water partition coefficient (Wildman–Crippen LogP) is 2.50. The summed E-state index contributed by atoms with van der Waals surface area (Å²) in [6.07, 6.45) is 7.19. The maximum Gasteiger partial charge on any atom is 0.0107 e. The van der Waals surface area contributed by atoms with Crippen molar-refractivity contribution in [1.82, 2.24) is 10.2 Å². The van der Waals surface area contributed by atoms with Crippen LogP contribution in [-0.2, 0) is 0 Å². The standard InChI is InChI=1S/C14H28N2/c1-3-12(2)15-8-9-16(10-13-4-5-13)11-14-6-7-14/h12-15H,3-11H2,1-2H3. The molecular weight excluding hydrogens is 196 g/mol. The van der Waals surface area contributed by atoms with Gasteiger partial charge >= 0.3 is 0 Å². The van der Waals surface area contributed by atoms with Crippen molar-refractivity contribution in [1.29, 1.82) is 0 Å². The van der Waals surface area contributed by atoms with Gasteiger partial charge in [-0.2, -0.15) is 0 Å². The molecule has 1 atom stereocenters. The Bertz CT molecular complexity index is 183. The first kappa shape index (κ1) is 12.4. The van der Waals surface area contributed by atoms with Crippen LogP contribution in [0.1, 0.15) is 46.0 Å². The monoisotopic (exact) mass is 224 g/mol. The summed E-state index contributed by atoms with van der Waals surface area (Å²) in [7, 11) is 0. The number of hydrogen-bond acceptors (Lipinski definition) is 2. The molecule has 2 aliphatic rings. The average molecular weight is 224 g/mol. The van der Waals surface area contributed by atoms with Crippen LogP contribution in [0.15, 0.2) is 0 Å². The topological polar surface area (TPSA) is 15.3 Å². The van der Waals surface area contributed by atoms with E-state index < -0.39 is 0 Å². The predicted molar refractivity (Wildman–Crippen MR) is 69.6 cm³/mol. The van der Waals surface area contributed by atoms with Gasteiger partial charge in [0.2, 0.25) is 0 Å². The minimum absolute atomic E-state index is 0.684. The van der Waals surface area contributed by atoms with Gasteiger partial charge in [-0.25, -0.2) is 0 Å². The van der Waals surface area contributed by atoms with E-state index in [9.17, 15) is 0 Å². The molecule has 1 N–H and O–H groups in total. The van der Waals surface area contributed by atoms with Gasteiger partial charge in [0.05, 0.1) is 0 Å². The summed E-state index contributed by atoms with van der Waals surface area (Å²) in [5.41, 5.74) is 0. The number of rotatable bonds is 9. The first-order valence-electron chi connectivity index (χ1n) is 7.23. The van der Waals surface area contributed by atoms with Gasteiger partial charge in [0.15, 0.2) is 0 Å². The molecule has 16 heavy (non-hydrogen) atoms. The first-order chi connectivity index (χ1) is 7.78. The van der Waals surface area contributed by atoms with Gasteiger partial charge in [0, 0.05) is 32.2 Å². The van der Waals surface area contributed by atoms with Crippen LogP contribution >= 0.6 is 0 Å². The quantitative estimate of drug-likeness (QED) is 0.647. The van der Waals surface area contributed by atoms with Gasteiger partial charge in [-0.05, 0) is 50.9 Å². The van der Waals surface area contributed by atoms with Crippen LogP contribution in [0.3, 0.4) is 0 Å². The largest absolute Gasteiger partial charge is 0.313 e. The molecule has 2 saturated carbocycles. The lowest BCUT2D eigenvalue weighted by atomic mass is 10.2. The third kappa shape index (κ3) is 4.84. The van der Waals surface area contributed by atoms with Crippen molar-refractivity contribution >= 4 is 0 Å². The molecule has 0 spiro atoms. The van der Waals surface area contributed by atoms with Crippen molar-refractivity contribution < 1.29 is 0 Å². The van der Waals surface area contributed by atoms with Gasteiger partial charge < -0.3 is 10.2 Å². The Kier molecular flexibility index (Phi) is 4.66. The summed E-state index contributed by atoms with van der Waals surface area (Å²) in [5.74, 6) is 2.09. The lowest BCUT2D eigenvalue weighted by Gasteiger charge is -2.23. The first-order valence-corrected chi connectivity index (χ1v) is 7.23.